The lowest BCUT2D eigenvalue weighted by molar-refractivity contribution is 0.0700. The average molecular weight is 593 g/mol. The third-order valence-electron chi connectivity index (χ3n) is 9.89. The zero-order chi connectivity index (χ0) is 29.6. The minimum Gasteiger partial charge on any atom is -0.366 e. The fourth-order valence-corrected chi connectivity index (χ4v) is 7.54. The molecule has 4 N–H and O–H groups in total. The van der Waals surface area contributed by atoms with E-state index in [-0.39, 0.29) is 18.0 Å². The van der Waals surface area contributed by atoms with Crippen LogP contribution in [0.15, 0.2) is 60.8 Å². The molecule has 218 valence electrons. The molecule has 8 rings (SSSR count). The van der Waals surface area contributed by atoms with Crippen molar-refractivity contribution in [3.05, 3.63) is 82.5 Å². The Bertz CT molecular complexity index is 1970. The number of hydrogen-bond acceptors (Lipinski definition) is 4. The number of likely N-dealkylation sites (tertiary alicyclic amines) is 1. The largest absolute Gasteiger partial charge is 0.366 e. The molecular weight excluding hydrogens is 560 g/mol. The molecule has 5 aromatic rings. The normalized spacial score (nSPS) is 21.4. The fraction of sp³-hybridized carbons (Fsp3) is 0.324. The highest BCUT2D eigenvalue weighted by Crippen LogP contribution is 2.40. The van der Waals surface area contributed by atoms with Gasteiger partial charge in [-0.1, -0.05) is 29.8 Å². The molecule has 2 aromatic carbocycles. The average Bonchev–Trinajstić information content (AvgIpc) is 3.41. The van der Waals surface area contributed by atoms with Gasteiger partial charge in [0.2, 0.25) is 5.91 Å². The van der Waals surface area contributed by atoms with Gasteiger partial charge in [0.1, 0.15) is 5.69 Å². The van der Waals surface area contributed by atoms with E-state index in [9.17, 15) is 9.59 Å². The number of pyridine rings is 1. The van der Waals surface area contributed by atoms with Crippen molar-refractivity contribution in [3.63, 3.8) is 0 Å². The second-order valence-corrected chi connectivity index (χ2v) is 13.0. The van der Waals surface area contributed by atoms with Gasteiger partial charge < -0.3 is 20.9 Å². The molecule has 3 fully saturated rings. The van der Waals surface area contributed by atoms with Gasteiger partial charge in [0.25, 0.3) is 5.91 Å². The minimum absolute atomic E-state index is 0.0404. The summed E-state index contributed by atoms with van der Waals surface area (Å²) in [6.45, 7) is 3.76. The molecule has 0 spiro atoms. The van der Waals surface area contributed by atoms with E-state index in [0.717, 1.165) is 70.4 Å². The number of primary amides is 1. The predicted molar refractivity (Wildman–Crippen MR) is 168 cm³/mol. The molecule has 1 saturated heterocycles. The Kier molecular flexibility index (Phi) is 5.97. The van der Waals surface area contributed by atoms with Crippen molar-refractivity contribution in [1.82, 2.24) is 19.1 Å². The number of amides is 2. The Morgan fingerprint density at radius 3 is 2.47 bits per heavy atom. The summed E-state index contributed by atoms with van der Waals surface area (Å²) < 4.78 is 4.25. The lowest BCUT2D eigenvalue weighted by Gasteiger charge is -2.27. The number of halogens is 1. The maximum Gasteiger partial charge on any atom is 0.255 e. The standard InChI is InChI=1S/C34H33ClN6O2/c1-18-27-10-8-24(34(43)40-16-23-7-11-28(40)31(23)36)17-41(27)38-32(18)30-14-22-5-4-21(13-29(22)39(30)15-19-2-3-19)20-6-9-25(33(37)42)26(35)12-20/h4-6,8-10,12-14,17,19,23,28,31H,2-3,7,11,15-16,36H2,1H3,(H2,37,42)/t23?,28?,31-/m1/s1. The Labute approximate surface area is 254 Å². The molecule has 3 aliphatic rings. The summed E-state index contributed by atoms with van der Waals surface area (Å²) in [6, 6.07) is 18.1. The van der Waals surface area contributed by atoms with Crippen LogP contribution in [0.1, 0.15) is 52.0 Å². The number of piperidine rings is 1. The smallest absolute Gasteiger partial charge is 0.255 e. The summed E-state index contributed by atoms with van der Waals surface area (Å²) in [5, 5.41) is 6.53. The van der Waals surface area contributed by atoms with Crippen LogP contribution in [0.3, 0.4) is 0 Å². The monoisotopic (exact) mass is 592 g/mol. The molecule has 0 radical (unpaired) electrons. The van der Waals surface area contributed by atoms with Gasteiger partial charge in [0, 0.05) is 47.8 Å². The van der Waals surface area contributed by atoms with E-state index in [4.69, 9.17) is 28.2 Å². The highest BCUT2D eigenvalue weighted by molar-refractivity contribution is 6.34. The van der Waals surface area contributed by atoms with Crippen LogP contribution < -0.4 is 11.5 Å². The van der Waals surface area contributed by atoms with E-state index in [0.29, 0.717) is 28.0 Å². The van der Waals surface area contributed by atoms with Crippen LogP contribution in [0.4, 0.5) is 0 Å². The fourth-order valence-electron chi connectivity index (χ4n) is 7.27. The van der Waals surface area contributed by atoms with Gasteiger partial charge in [-0.05, 0) is 92.0 Å². The van der Waals surface area contributed by atoms with Gasteiger partial charge in [-0.15, -0.1) is 0 Å². The first-order valence-electron chi connectivity index (χ1n) is 15.1. The van der Waals surface area contributed by atoms with E-state index in [1.54, 1.807) is 12.1 Å². The molecule has 2 aliphatic carbocycles. The quantitative estimate of drug-likeness (QED) is 0.265. The number of nitrogens with two attached hydrogens (primary N) is 2. The third-order valence-corrected chi connectivity index (χ3v) is 10.2. The summed E-state index contributed by atoms with van der Waals surface area (Å²) in [5.74, 6) is 0.558. The Morgan fingerprint density at radius 1 is 0.977 bits per heavy atom. The molecule has 4 heterocycles. The van der Waals surface area contributed by atoms with Crippen LogP contribution in [-0.4, -0.2) is 49.5 Å². The number of carbonyl (C=O) groups is 2. The second-order valence-electron chi connectivity index (χ2n) is 12.6. The van der Waals surface area contributed by atoms with Gasteiger partial charge in [-0.25, -0.2) is 4.52 Å². The SMILES string of the molecule is Cc1c(-c2cc3ccc(-c4ccc(C(N)=O)c(Cl)c4)cc3n2CC2CC2)nn2cc(C(=O)N3CC4CCC3[C@@H]4N)ccc12. The first kappa shape index (κ1) is 26.5. The summed E-state index contributed by atoms with van der Waals surface area (Å²) >= 11 is 6.39. The molecule has 2 unspecified atom stereocenters. The first-order valence-corrected chi connectivity index (χ1v) is 15.4. The molecule has 8 nitrogen and oxygen atoms in total. The summed E-state index contributed by atoms with van der Waals surface area (Å²) in [7, 11) is 0. The molecule has 43 heavy (non-hydrogen) atoms. The molecule has 9 heteroatoms. The van der Waals surface area contributed by atoms with Gasteiger partial charge in [-0.3, -0.25) is 9.59 Å². The third kappa shape index (κ3) is 4.26. The molecule has 3 atom stereocenters. The molecule has 1 aliphatic heterocycles. The van der Waals surface area contributed by atoms with E-state index in [1.807, 2.05) is 33.8 Å². The summed E-state index contributed by atoms with van der Waals surface area (Å²) in [6.07, 6.45) is 6.42. The second kappa shape index (κ2) is 9.69. The Hall–Kier alpha value is -4.14. The van der Waals surface area contributed by atoms with E-state index < -0.39 is 5.91 Å². The zero-order valence-corrected chi connectivity index (χ0v) is 24.7. The van der Waals surface area contributed by atoms with Crippen molar-refractivity contribution < 1.29 is 9.59 Å². The maximum atomic E-state index is 13.5. The van der Waals surface area contributed by atoms with Crippen molar-refractivity contribution in [1.29, 1.82) is 0 Å². The topological polar surface area (TPSA) is 112 Å². The number of aromatic nitrogens is 3. The Morgan fingerprint density at radius 2 is 1.77 bits per heavy atom. The van der Waals surface area contributed by atoms with Crippen molar-refractivity contribution in [2.75, 3.05) is 6.54 Å². The van der Waals surface area contributed by atoms with Gasteiger partial charge in [-0.2, -0.15) is 5.10 Å². The van der Waals surface area contributed by atoms with Crippen LogP contribution in [0.25, 0.3) is 38.9 Å². The number of nitrogens with zero attached hydrogens (tertiary/aromatic N) is 4. The molecule has 2 amide bonds. The number of hydrogen-bond donors (Lipinski definition) is 2. The summed E-state index contributed by atoms with van der Waals surface area (Å²) in [5.41, 5.74) is 19.9. The molecular formula is C34H33ClN6O2. The first-order chi connectivity index (χ1) is 20.8. The minimum atomic E-state index is -0.540. The lowest BCUT2D eigenvalue weighted by Crippen LogP contribution is -2.41. The zero-order valence-electron chi connectivity index (χ0n) is 24.0. The highest BCUT2D eigenvalue weighted by atomic mass is 35.5. The van der Waals surface area contributed by atoms with Crippen molar-refractivity contribution in [2.45, 2.75) is 51.2 Å². The highest BCUT2D eigenvalue weighted by Gasteiger charge is 2.46. The number of rotatable bonds is 6. The summed E-state index contributed by atoms with van der Waals surface area (Å²) in [4.78, 5) is 27.2. The van der Waals surface area contributed by atoms with Gasteiger partial charge in [0.15, 0.2) is 0 Å². The van der Waals surface area contributed by atoms with Crippen molar-refractivity contribution >= 4 is 39.8 Å². The van der Waals surface area contributed by atoms with Crippen molar-refractivity contribution in [2.24, 2.45) is 23.3 Å². The van der Waals surface area contributed by atoms with E-state index in [1.165, 1.54) is 12.8 Å². The van der Waals surface area contributed by atoms with E-state index >= 15 is 0 Å². The Balaban J connectivity index is 1.19. The predicted octanol–water partition coefficient (Wildman–Crippen LogP) is 5.66. The number of benzene rings is 2. The number of aryl methyl sites for hydroxylation is 1. The molecule has 2 saturated carbocycles. The van der Waals surface area contributed by atoms with Gasteiger partial charge >= 0.3 is 0 Å². The van der Waals surface area contributed by atoms with Crippen LogP contribution in [-0.2, 0) is 6.54 Å². The molecule has 2 bridgehead atoms. The molecule has 3 aromatic heterocycles. The van der Waals surface area contributed by atoms with Crippen LogP contribution in [0, 0.1) is 18.8 Å². The number of fused-ring (bicyclic) bond motifs is 4. The maximum absolute atomic E-state index is 13.5. The van der Waals surface area contributed by atoms with Crippen LogP contribution >= 0.6 is 11.6 Å². The van der Waals surface area contributed by atoms with Crippen LogP contribution in [0.5, 0.6) is 0 Å². The van der Waals surface area contributed by atoms with Crippen LogP contribution in [0.2, 0.25) is 5.02 Å². The van der Waals surface area contributed by atoms with Crippen molar-refractivity contribution in [3.8, 4) is 22.5 Å². The van der Waals surface area contributed by atoms with E-state index in [2.05, 4.69) is 35.8 Å². The van der Waals surface area contributed by atoms with Gasteiger partial charge in [0.05, 0.1) is 27.4 Å². The lowest BCUT2D eigenvalue weighted by atomic mass is 10.0. The number of carbonyl (C=O) groups excluding carboxylic acids is 2.